The zero-order valence-corrected chi connectivity index (χ0v) is 26.7. The van der Waals surface area contributed by atoms with E-state index in [1.807, 2.05) is 43.0 Å². The van der Waals surface area contributed by atoms with Crippen molar-refractivity contribution in [3.05, 3.63) is 88.3 Å². The number of hydrogen-bond donors (Lipinski definition) is 0. The molecule has 9 nitrogen and oxygen atoms in total. The number of nitrogens with zero attached hydrogens (tertiary/aromatic N) is 5. The minimum absolute atomic E-state index is 0.00787. The molecular weight excluding hydrogens is 612 g/mol. The van der Waals surface area contributed by atoms with Gasteiger partial charge < -0.3 is 18.9 Å². The number of thiophene rings is 1. The van der Waals surface area contributed by atoms with E-state index in [2.05, 4.69) is 6.58 Å². The molecule has 0 bridgehead atoms. The lowest BCUT2D eigenvalue weighted by Gasteiger charge is -2.33. The maximum atomic E-state index is 16.0. The number of hydrogen-bond acceptors (Lipinski definition) is 7. The van der Waals surface area contributed by atoms with Gasteiger partial charge in [-0.2, -0.15) is 5.10 Å². The van der Waals surface area contributed by atoms with E-state index in [1.165, 1.54) is 30.6 Å². The van der Waals surface area contributed by atoms with E-state index in [1.54, 1.807) is 21.7 Å². The van der Waals surface area contributed by atoms with Crippen molar-refractivity contribution in [1.82, 2.24) is 24.2 Å². The lowest BCUT2D eigenvalue weighted by atomic mass is 9.96. The van der Waals surface area contributed by atoms with Gasteiger partial charge in [-0.1, -0.05) is 6.58 Å². The van der Waals surface area contributed by atoms with Crippen LogP contribution in [0, 0.1) is 11.6 Å². The fraction of sp³-hybridized carbons (Fsp3) is 0.294. The first-order valence-corrected chi connectivity index (χ1v) is 15.8. The van der Waals surface area contributed by atoms with Crippen LogP contribution in [0.1, 0.15) is 38.5 Å². The third kappa shape index (κ3) is 5.51. The Bertz CT molecular complexity index is 2030. The van der Waals surface area contributed by atoms with Crippen molar-refractivity contribution in [3.63, 3.8) is 0 Å². The van der Waals surface area contributed by atoms with Crippen LogP contribution in [0.2, 0.25) is 0 Å². The molecule has 0 spiro atoms. The molecule has 0 saturated carbocycles. The lowest BCUT2D eigenvalue weighted by Crippen LogP contribution is -2.40. The van der Waals surface area contributed by atoms with Crippen LogP contribution in [0.3, 0.4) is 0 Å². The van der Waals surface area contributed by atoms with E-state index < -0.39 is 11.6 Å². The zero-order valence-electron chi connectivity index (χ0n) is 25.9. The van der Waals surface area contributed by atoms with Crippen molar-refractivity contribution in [2.45, 2.75) is 39.4 Å². The van der Waals surface area contributed by atoms with E-state index in [-0.39, 0.29) is 48.1 Å². The quantitative estimate of drug-likeness (QED) is 0.132. The number of aromatic nitrogens is 4. The van der Waals surface area contributed by atoms with Gasteiger partial charge in [0.25, 0.3) is 5.56 Å². The number of rotatable bonds is 9. The summed E-state index contributed by atoms with van der Waals surface area (Å²) in [7, 11) is 1.51. The van der Waals surface area contributed by atoms with Gasteiger partial charge in [-0.25, -0.2) is 13.8 Å². The first-order valence-electron chi connectivity index (χ1n) is 14.9. The van der Waals surface area contributed by atoms with Crippen molar-refractivity contribution < 1.29 is 23.0 Å². The normalized spacial score (nSPS) is 14.6. The number of fused-ring (bicyclic) bond motifs is 2. The Morgan fingerprint density at radius 2 is 1.93 bits per heavy atom. The second-order valence-electron chi connectivity index (χ2n) is 11.3. The number of carbonyl (C=O) groups is 1. The van der Waals surface area contributed by atoms with Crippen LogP contribution in [0.25, 0.3) is 43.9 Å². The molecular formula is C34H33F2N5O4S. The maximum Gasteiger partial charge on any atom is 0.250 e. The Labute approximate surface area is 268 Å². The molecule has 12 heteroatoms. The molecule has 238 valence electrons. The molecule has 1 unspecified atom stereocenters. The monoisotopic (exact) mass is 645 g/mol. The molecule has 6 rings (SSSR count). The van der Waals surface area contributed by atoms with Crippen molar-refractivity contribution >= 4 is 27.3 Å². The minimum atomic E-state index is -0.814. The second-order valence-corrected chi connectivity index (χ2v) is 12.2. The molecule has 5 aromatic rings. The van der Waals surface area contributed by atoms with Crippen molar-refractivity contribution in [3.8, 4) is 39.5 Å². The summed E-state index contributed by atoms with van der Waals surface area (Å²) < 4.78 is 45.8. The van der Waals surface area contributed by atoms with Crippen molar-refractivity contribution in [2.24, 2.45) is 0 Å². The maximum absolute atomic E-state index is 16.0. The SMILES string of the molecule is C=CC(=O)N1CCn2nc(-c3nc(-c4ccc(=O)n(C(C)C)c4)c4ccsc4c3-c3c(F)cc(F)cc3OCCOC)cc2C1C. The van der Waals surface area contributed by atoms with Crippen LogP contribution in [0.5, 0.6) is 5.75 Å². The highest BCUT2D eigenvalue weighted by Gasteiger charge is 2.31. The number of halogens is 2. The first kappa shape index (κ1) is 31.3. The van der Waals surface area contributed by atoms with Crippen LogP contribution in [-0.2, 0) is 16.1 Å². The Kier molecular flexibility index (Phi) is 8.58. The number of pyridine rings is 2. The minimum Gasteiger partial charge on any atom is -0.490 e. The number of amides is 1. The van der Waals surface area contributed by atoms with Crippen molar-refractivity contribution in [2.75, 3.05) is 26.9 Å². The van der Waals surface area contributed by atoms with Gasteiger partial charge in [0.2, 0.25) is 5.91 Å². The van der Waals surface area contributed by atoms with Gasteiger partial charge in [0, 0.05) is 65.3 Å². The highest BCUT2D eigenvalue weighted by Crippen LogP contribution is 2.47. The Morgan fingerprint density at radius 1 is 1.13 bits per heavy atom. The van der Waals surface area contributed by atoms with Gasteiger partial charge in [0.15, 0.2) is 0 Å². The summed E-state index contributed by atoms with van der Waals surface area (Å²) in [6, 6.07) is 8.56. The van der Waals surface area contributed by atoms with E-state index in [0.717, 1.165) is 23.2 Å². The highest BCUT2D eigenvalue weighted by molar-refractivity contribution is 7.18. The predicted molar refractivity (Wildman–Crippen MR) is 174 cm³/mol. The van der Waals surface area contributed by atoms with E-state index in [0.29, 0.717) is 46.0 Å². The van der Waals surface area contributed by atoms with E-state index in [9.17, 15) is 14.0 Å². The van der Waals surface area contributed by atoms with Gasteiger partial charge in [-0.05, 0) is 50.4 Å². The third-order valence-corrected chi connectivity index (χ3v) is 9.08. The molecule has 0 aliphatic carbocycles. The zero-order chi connectivity index (χ0) is 32.7. The molecule has 1 amide bonds. The largest absolute Gasteiger partial charge is 0.490 e. The fourth-order valence-electron chi connectivity index (χ4n) is 5.89. The van der Waals surface area contributed by atoms with E-state index in [4.69, 9.17) is 19.6 Å². The van der Waals surface area contributed by atoms with Crippen LogP contribution in [0.4, 0.5) is 8.78 Å². The molecule has 1 atom stereocenters. The molecule has 46 heavy (non-hydrogen) atoms. The molecule has 0 fully saturated rings. The number of carbonyl (C=O) groups excluding carboxylic acids is 1. The smallest absolute Gasteiger partial charge is 0.250 e. The summed E-state index contributed by atoms with van der Waals surface area (Å²) in [5.74, 6) is -1.77. The van der Waals surface area contributed by atoms with Gasteiger partial charge in [0.05, 0.1) is 36.1 Å². The number of methoxy groups -OCH3 is 1. The van der Waals surface area contributed by atoms with Crippen LogP contribution < -0.4 is 10.3 Å². The van der Waals surface area contributed by atoms with Crippen molar-refractivity contribution in [1.29, 1.82) is 0 Å². The van der Waals surface area contributed by atoms with E-state index >= 15 is 4.39 Å². The summed E-state index contributed by atoms with van der Waals surface area (Å²) in [4.78, 5) is 32.1. The van der Waals surface area contributed by atoms with Crippen LogP contribution in [0.15, 0.2) is 65.4 Å². The highest BCUT2D eigenvalue weighted by atomic mass is 32.1. The van der Waals surface area contributed by atoms with Gasteiger partial charge in [-0.3, -0.25) is 14.3 Å². The summed E-state index contributed by atoms with van der Waals surface area (Å²) in [6.07, 6.45) is 3.06. The van der Waals surface area contributed by atoms with Gasteiger partial charge in [-0.15, -0.1) is 11.3 Å². The molecule has 1 aliphatic rings. The first-order chi connectivity index (χ1) is 22.1. The summed E-state index contributed by atoms with van der Waals surface area (Å²) in [5.41, 5.74) is 3.16. The average molecular weight is 646 g/mol. The van der Waals surface area contributed by atoms with Gasteiger partial charge >= 0.3 is 0 Å². The summed E-state index contributed by atoms with van der Waals surface area (Å²) >= 11 is 1.38. The molecule has 1 aliphatic heterocycles. The molecule has 4 aromatic heterocycles. The van der Waals surface area contributed by atoms with Crippen LogP contribution in [-0.4, -0.2) is 57.0 Å². The second kappa shape index (κ2) is 12.6. The average Bonchev–Trinajstić information content (AvgIpc) is 3.69. The molecule has 1 aromatic carbocycles. The predicted octanol–water partition coefficient (Wildman–Crippen LogP) is 6.63. The fourth-order valence-corrected chi connectivity index (χ4v) is 6.84. The molecule has 0 saturated heterocycles. The third-order valence-electron chi connectivity index (χ3n) is 8.15. The summed E-state index contributed by atoms with van der Waals surface area (Å²) in [5, 5.41) is 7.51. The summed E-state index contributed by atoms with van der Waals surface area (Å²) in [6.45, 7) is 10.6. The Balaban J connectivity index is 1.65. The molecule has 5 heterocycles. The molecule has 0 radical (unpaired) electrons. The van der Waals surface area contributed by atoms with Crippen LogP contribution >= 0.6 is 11.3 Å². The lowest BCUT2D eigenvalue weighted by molar-refractivity contribution is -0.129. The standard InChI is InChI=1S/C34H33F2N5O4S/c1-6-28(42)39-10-11-41-26(20(39)4)17-25(38-41)33-31(30-24(36)15-22(35)16-27(30)45-13-12-44-5)34-23(9-14-46-34)32(37-33)21-7-8-29(43)40(18-21)19(2)3/h6-9,14-20H,1,10-13H2,2-5H3. The number of ether oxygens (including phenoxy) is 2. The topological polar surface area (TPSA) is 91.5 Å². The Morgan fingerprint density at radius 3 is 2.67 bits per heavy atom. The molecule has 0 N–H and O–H groups in total. The number of benzene rings is 1. The Hall–Kier alpha value is -4.68. The van der Waals surface area contributed by atoms with Gasteiger partial charge in [0.1, 0.15) is 35.4 Å².